The minimum atomic E-state index is 0.388. The van der Waals surface area contributed by atoms with E-state index in [1.165, 1.54) is 6.33 Å². The zero-order valence-electron chi connectivity index (χ0n) is 12.9. The molecular formula is C17H12BrN5OS. The Morgan fingerprint density at radius 2 is 2.08 bits per heavy atom. The number of nitrogens with one attached hydrogen (secondary N) is 1. The van der Waals surface area contributed by atoms with Crippen molar-refractivity contribution in [1.29, 1.82) is 0 Å². The van der Waals surface area contributed by atoms with Gasteiger partial charge in [0.05, 0.1) is 4.88 Å². The Bertz CT molecular complexity index is 986. The summed E-state index contributed by atoms with van der Waals surface area (Å²) in [5.41, 5.74) is 1.79. The molecule has 8 heteroatoms. The lowest BCUT2D eigenvalue weighted by Gasteiger charge is -2.09. The SMILES string of the molecule is Brc1ccccc1CNc1ncncc1-c1nc(-c2cccs2)no1. The molecule has 0 radical (unpaired) electrons. The summed E-state index contributed by atoms with van der Waals surface area (Å²) in [4.78, 5) is 13.8. The summed E-state index contributed by atoms with van der Waals surface area (Å²) in [5, 5.41) is 9.32. The lowest BCUT2D eigenvalue weighted by molar-refractivity contribution is 0.432. The maximum absolute atomic E-state index is 5.41. The first-order chi connectivity index (χ1) is 12.3. The van der Waals surface area contributed by atoms with Gasteiger partial charge in [-0.1, -0.05) is 45.4 Å². The standard InChI is InChI=1S/C17H12BrN5OS/c18-13-5-2-1-4-11(13)8-20-15-12(9-19-10-21-15)17-22-16(23-24-17)14-6-3-7-25-14/h1-7,9-10H,8H2,(H,19,20,21). The van der Waals surface area contributed by atoms with E-state index in [1.807, 2.05) is 41.8 Å². The van der Waals surface area contributed by atoms with Crippen molar-refractivity contribution < 1.29 is 4.52 Å². The van der Waals surface area contributed by atoms with Crippen molar-refractivity contribution in [1.82, 2.24) is 20.1 Å². The second kappa shape index (κ2) is 7.12. The molecule has 0 aliphatic carbocycles. The Balaban J connectivity index is 1.60. The van der Waals surface area contributed by atoms with Crippen LogP contribution in [0.15, 0.2) is 63.3 Å². The third-order valence-corrected chi connectivity index (χ3v) is 5.15. The van der Waals surface area contributed by atoms with Gasteiger partial charge in [-0.2, -0.15) is 4.98 Å². The van der Waals surface area contributed by atoms with E-state index in [2.05, 4.69) is 41.4 Å². The maximum Gasteiger partial charge on any atom is 0.263 e. The third-order valence-electron chi connectivity index (χ3n) is 3.51. The summed E-state index contributed by atoms with van der Waals surface area (Å²) in [6.45, 7) is 0.608. The number of hydrogen-bond acceptors (Lipinski definition) is 7. The Hall–Kier alpha value is -2.58. The van der Waals surface area contributed by atoms with Crippen molar-refractivity contribution in [2.24, 2.45) is 0 Å². The van der Waals surface area contributed by atoms with Crippen molar-refractivity contribution in [3.05, 3.63) is 64.3 Å². The van der Waals surface area contributed by atoms with Gasteiger partial charge >= 0.3 is 0 Å². The summed E-state index contributed by atoms with van der Waals surface area (Å²) < 4.78 is 6.45. The molecule has 0 aliphatic rings. The summed E-state index contributed by atoms with van der Waals surface area (Å²) in [6, 6.07) is 11.9. The van der Waals surface area contributed by atoms with Gasteiger partial charge in [-0.3, -0.25) is 0 Å². The number of hydrogen-bond donors (Lipinski definition) is 1. The second-order valence-corrected chi connectivity index (χ2v) is 6.93. The zero-order chi connectivity index (χ0) is 17.1. The molecule has 0 fully saturated rings. The Kier molecular flexibility index (Phi) is 4.53. The number of thiophene rings is 1. The summed E-state index contributed by atoms with van der Waals surface area (Å²) in [6.07, 6.45) is 3.16. The van der Waals surface area contributed by atoms with Crippen LogP contribution in [0.25, 0.3) is 22.2 Å². The molecule has 4 rings (SSSR count). The number of aromatic nitrogens is 4. The van der Waals surface area contributed by atoms with Crippen molar-refractivity contribution in [3.8, 4) is 22.2 Å². The van der Waals surface area contributed by atoms with E-state index < -0.39 is 0 Å². The fourth-order valence-electron chi connectivity index (χ4n) is 2.29. The van der Waals surface area contributed by atoms with E-state index in [9.17, 15) is 0 Å². The molecule has 0 saturated heterocycles. The molecule has 0 spiro atoms. The fraction of sp³-hybridized carbons (Fsp3) is 0.0588. The van der Waals surface area contributed by atoms with Gasteiger partial charge in [0.2, 0.25) is 5.82 Å². The predicted octanol–water partition coefficient (Wildman–Crippen LogP) is 4.63. The average Bonchev–Trinajstić information content (AvgIpc) is 3.33. The van der Waals surface area contributed by atoms with Crippen molar-refractivity contribution in [3.63, 3.8) is 0 Å². The van der Waals surface area contributed by atoms with Crippen LogP contribution in [0.2, 0.25) is 0 Å². The van der Waals surface area contributed by atoms with Crippen LogP contribution in [0.3, 0.4) is 0 Å². The van der Waals surface area contributed by atoms with Gasteiger partial charge in [0, 0.05) is 17.2 Å². The molecule has 1 aromatic carbocycles. The van der Waals surface area contributed by atoms with Crippen LogP contribution < -0.4 is 5.32 Å². The fourth-order valence-corrected chi connectivity index (χ4v) is 3.36. The first kappa shape index (κ1) is 15.9. The quantitative estimate of drug-likeness (QED) is 0.513. The minimum absolute atomic E-state index is 0.388. The van der Waals surface area contributed by atoms with Crippen LogP contribution in [-0.4, -0.2) is 20.1 Å². The van der Waals surface area contributed by atoms with Crippen molar-refractivity contribution in [2.45, 2.75) is 6.54 Å². The summed E-state index contributed by atoms with van der Waals surface area (Å²) in [5.74, 6) is 1.59. The molecule has 0 aliphatic heterocycles. The van der Waals surface area contributed by atoms with E-state index in [4.69, 9.17) is 4.52 Å². The predicted molar refractivity (Wildman–Crippen MR) is 100 cm³/mol. The first-order valence-corrected chi connectivity index (χ1v) is 9.14. The van der Waals surface area contributed by atoms with Gasteiger partial charge < -0.3 is 9.84 Å². The molecular weight excluding hydrogens is 402 g/mol. The first-order valence-electron chi connectivity index (χ1n) is 7.46. The van der Waals surface area contributed by atoms with E-state index >= 15 is 0 Å². The third kappa shape index (κ3) is 3.45. The average molecular weight is 414 g/mol. The van der Waals surface area contributed by atoms with Gasteiger partial charge in [0.1, 0.15) is 17.7 Å². The number of anilines is 1. The number of halogens is 1. The highest BCUT2D eigenvalue weighted by atomic mass is 79.9. The smallest absolute Gasteiger partial charge is 0.263 e. The van der Waals surface area contributed by atoms with Gasteiger partial charge in [0.25, 0.3) is 5.89 Å². The van der Waals surface area contributed by atoms with E-state index in [1.54, 1.807) is 17.5 Å². The maximum atomic E-state index is 5.41. The second-order valence-electron chi connectivity index (χ2n) is 5.13. The van der Waals surface area contributed by atoms with Crippen LogP contribution >= 0.6 is 27.3 Å². The van der Waals surface area contributed by atoms with E-state index in [0.717, 1.165) is 14.9 Å². The molecule has 0 unspecified atom stereocenters. The molecule has 6 nitrogen and oxygen atoms in total. The lowest BCUT2D eigenvalue weighted by atomic mass is 10.2. The highest BCUT2D eigenvalue weighted by molar-refractivity contribution is 9.10. The zero-order valence-corrected chi connectivity index (χ0v) is 15.3. The molecule has 0 saturated carbocycles. The van der Waals surface area contributed by atoms with Crippen LogP contribution in [-0.2, 0) is 6.54 Å². The lowest BCUT2D eigenvalue weighted by Crippen LogP contribution is -2.04. The van der Waals surface area contributed by atoms with Gasteiger partial charge in [-0.25, -0.2) is 9.97 Å². The number of nitrogens with zero attached hydrogens (tertiary/aromatic N) is 4. The molecule has 124 valence electrons. The molecule has 25 heavy (non-hydrogen) atoms. The van der Waals surface area contributed by atoms with Crippen LogP contribution in [0.5, 0.6) is 0 Å². The van der Waals surface area contributed by atoms with E-state index in [0.29, 0.717) is 29.6 Å². The van der Waals surface area contributed by atoms with Gasteiger partial charge in [-0.05, 0) is 23.1 Å². The van der Waals surface area contributed by atoms with Crippen molar-refractivity contribution in [2.75, 3.05) is 5.32 Å². The Morgan fingerprint density at radius 1 is 1.16 bits per heavy atom. The highest BCUT2D eigenvalue weighted by Crippen LogP contribution is 2.28. The highest BCUT2D eigenvalue weighted by Gasteiger charge is 2.16. The molecule has 0 atom stereocenters. The van der Waals surface area contributed by atoms with Crippen LogP contribution in [0, 0.1) is 0 Å². The topological polar surface area (TPSA) is 76.7 Å². The number of benzene rings is 1. The molecule has 4 aromatic rings. The minimum Gasteiger partial charge on any atom is -0.365 e. The normalized spacial score (nSPS) is 10.8. The molecule has 1 N–H and O–H groups in total. The number of rotatable bonds is 5. The Labute approximate surface area is 156 Å². The monoisotopic (exact) mass is 413 g/mol. The Morgan fingerprint density at radius 3 is 2.92 bits per heavy atom. The largest absolute Gasteiger partial charge is 0.365 e. The molecule has 0 bridgehead atoms. The molecule has 0 amide bonds. The van der Waals surface area contributed by atoms with Gasteiger partial charge in [0.15, 0.2) is 0 Å². The van der Waals surface area contributed by atoms with E-state index in [-0.39, 0.29) is 0 Å². The summed E-state index contributed by atoms with van der Waals surface area (Å²) in [7, 11) is 0. The van der Waals surface area contributed by atoms with Crippen LogP contribution in [0.1, 0.15) is 5.56 Å². The molecule has 3 heterocycles. The van der Waals surface area contributed by atoms with Gasteiger partial charge in [-0.15, -0.1) is 11.3 Å². The van der Waals surface area contributed by atoms with Crippen LogP contribution in [0.4, 0.5) is 5.82 Å². The summed E-state index contributed by atoms with van der Waals surface area (Å²) >= 11 is 5.11. The molecule has 3 aromatic heterocycles. The van der Waals surface area contributed by atoms with Crippen molar-refractivity contribution >= 4 is 33.1 Å².